The van der Waals surface area contributed by atoms with E-state index in [0.717, 1.165) is 23.0 Å². The van der Waals surface area contributed by atoms with Gasteiger partial charge in [-0.15, -0.1) is 11.3 Å². The molecule has 0 bridgehead atoms. The minimum atomic E-state index is -0.723. The molecule has 0 aliphatic carbocycles. The number of hydrogen-bond donors (Lipinski definition) is 1. The van der Waals surface area contributed by atoms with Gasteiger partial charge in [0.15, 0.2) is 0 Å². The first-order valence-corrected chi connectivity index (χ1v) is 7.16. The molecule has 1 aromatic rings. The Kier molecular flexibility index (Phi) is 3.83. The molecule has 1 atom stereocenters. The minimum Gasteiger partial charge on any atom is -0.480 e. The van der Waals surface area contributed by atoms with Gasteiger partial charge >= 0.3 is 5.97 Å². The molecule has 0 spiro atoms. The second-order valence-electron chi connectivity index (χ2n) is 3.76. The van der Waals surface area contributed by atoms with Crippen LogP contribution in [0.1, 0.15) is 10.7 Å². The molecule has 2 rings (SSSR count). The molecule has 1 saturated heterocycles. The fourth-order valence-electron chi connectivity index (χ4n) is 1.74. The third-order valence-corrected chi connectivity index (χ3v) is 4.40. The topological polar surface area (TPSA) is 53.4 Å². The number of aromatic nitrogens is 1. The Morgan fingerprint density at radius 2 is 2.56 bits per heavy atom. The SMILES string of the molecule is Cc1nc(CN2CCSCC2C(=O)O)cs1. The highest BCUT2D eigenvalue weighted by Gasteiger charge is 2.29. The molecule has 16 heavy (non-hydrogen) atoms. The van der Waals surface area contributed by atoms with Gasteiger partial charge in [0.25, 0.3) is 0 Å². The van der Waals surface area contributed by atoms with Gasteiger partial charge in [-0.25, -0.2) is 4.98 Å². The second-order valence-corrected chi connectivity index (χ2v) is 5.97. The van der Waals surface area contributed by atoms with E-state index in [0.29, 0.717) is 12.3 Å². The normalized spacial score (nSPS) is 22.2. The maximum Gasteiger partial charge on any atom is 0.321 e. The van der Waals surface area contributed by atoms with Crippen molar-refractivity contribution in [2.45, 2.75) is 19.5 Å². The number of hydrogen-bond acceptors (Lipinski definition) is 5. The predicted molar refractivity (Wildman–Crippen MR) is 66.0 cm³/mol. The lowest BCUT2D eigenvalue weighted by Crippen LogP contribution is -2.46. The van der Waals surface area contributed by atoms with Crippen LogP contribution in [0.5, 0.6) is 0 Å². The number of carboxylic acid groups (broad SMARTS) is 1. The maximum atomic E-state index is 11.1. The molecular formula is C10H14N2O2S2. The zero-order chi connectivity index (χ0) is 11.5. The van der Waals surface area contributed by atoms with Gasteiger partial charge in [-0.3, -0.25) is 9.69 Å². The minimum absolute atomic E-state index is 0.360. The van der Waals surface area contributed by atoms with Crippen LogP contribution >= 0.6 is 23.1 Å². The molecule has 1 aliphatic rings. The highest BCUT2D eigenvalue weighted by molar-refractivity contribution is 7.99. The number of thioether (sulfide) groups is 1. The first-order valence-electron chi connectivity index (χ1n) is 5.12. The summed E-state index contributed by atoms with van der Waals surface area (Å²) in [5.74, 6) is 0.963. The van der Waals surface area contributed by atoms with Crippen LogP contribution in [0.3, 0.4) is 0 Å². The van der Waals surface area contributed by atoms with Crippen LogP contribution in [0.25, 0.3) is 0 Å². The van der Waals surface area contributed by atoms with Crippen molar-refractivity contribution in [3.05, 3.63) is 16.1 Å². The van der Waals surface area contributed by atoms with E-state index in [1.54, 1.807) is 23.1 Å². The molecule has 2 heterocycles. The molecule has 1 unspecified atom stereocenters. The lowest BCUT2D eigenvalue weighted by Gasteiger charge is -2.31. The van der Waals surface area contributed by atoms with Gasteiger partial charge in [0.2, 0.25) is 0 Å². The molecule has 6 heteroatoms. The quantitative estimate of drug-likeness (QED) is 0.889. The van der Waals surface area contributed by atoms with E-state index in [-0.39, 0.29) is 6.04 Å². The van der Waals surface area contributed by atoms with Gasteiger partial charge < -0.3 is 5.11 Å². The van der Waals surface area contributed by atoms with Crippen molar-refractivity contribution < 1.29 is 9.90 Å². The lowest BCUT2D eigenvalue weighted by atomic mass is 10.2. The Bertz CT molecular complexity index is 381. The van der Waals surface area contributed by atoms with Crippen LogP contribution < -0.4 is 0 Å². The zero-order valence-corrected chi connectivity index (χ0v) is 10.7. The van der Waals surface area contributed by atoms with Crippen molar-refractivity contribution in [1.29, 1.82) is 0 Å². The lowest BCUT2D eigenvalue weighted by molar-refractivity contribution is -0.142. The Balaban J connectivity index is 2.03. The number of carboxylic acids is 1. The Labute approximate surface area is 103 Å². The van der Waals surface area contributed by atoms with E-state index in [1.807, 2.05) is 17.2 Å². The highest BCUT2D eigenvalue weighted by Crippen LogP contribution is 2.20. The van der Waals surface area contributed by atoms with Gasteiger partial charge in [0.1, 0.15) is 6.04 Å². The van der Waals surface area contributed by atoms with Crippen LogP contribution in [0, 0.1) is 6.92 Å². The summed E-state index contributed by atoms with van der Waals surface area (Å²) in [5.41, 5.74) is 0.987. The number of nitrogens with zero attached hydrogens (tertiary/aromatic N) is 2. The van der Waals surface area contributed by atoms with Gasteiger partial charge in [0, 0.05) is 30.0 Å². The molecule has 0 radical (unpaired) electrons. The summed E-state index contributed by atoms with van der Waals surface area (Å²) in [7, 11) is 0. The van der Waals surface area contributed by atoms with E-state index in [2.05, 4.69) is 4.98 Å². The number of thiazole rings is 1. The predicted octanol–water partition coefficient (Wildman–Crippen LogP) is 1.45. The van der Waals surface area contributed by atoms with Crippen molar-refractivity contribution in [2.75, 3.05) is 18.1 Å². The zero-order valence-electron chi connectivity index (χ0n) is 9.05. The number of rotatable bonds is 3. The van der Waals surface area contributed by atoms with E-state index in [9.17, 15) is 4.79 Å². The molecule has 1 fully saturated rings. The smallest absolute Gasteiger partial charge is 0.321 e. The average Bonchev–Trinajstić information content (AvgIpc) is 2.64. The summed E-state index contributed by atoms with van der Waals surface area (Å²) in [4.78, 5) is 17.5. The molecule has 88 valence electrons. The molecule has 1 aliphatic heterocycles. The molecule has 0 saturated carbocycles. The summed E-state index contributed by atoms with van der Waals surface area (Å²) in [6.45, 7) is 3.45. The van der Waals surface area contributed by atoms with Gasteiger partial charge in [-0.2, -0.15) is 11.8 Å². The molecule has 4 nitrogen and oxygen atoms in total. The van der Waals surface area contributed by atoms with E-state index < -0.39 is 5.97 Å². The maximum absolute atomic E-state index is 11.1. The third-order valence-electron chi connectivity index (χ3n) is 2.56. The Morgan fingerprint density at radius 1 is 1.75 bits per heavy atom. The molecule has 1 aromatic heterocycles. The van der Waals surface area contributed by atoms with Crippen molar-refractivity contribution in [1.82, 2.24) is 9.88 Å². The van der Waals surface area contributed by atoms with Crippen LogP contribution in [0.15, 0.2) is 5.38 Å². The summed E-state index contributed by atoms with van der Waals surface area (Å²) in [6, 6.07) is -0.360. The number of aryl methyl sites for hydroxylation is 1. The summed E-state index contributed by atoms with van der Waals surface area (Å²) in [6.07, 6.45) is 0. The van der Waals surface area contributed by atoms with Crippen molar-refractivity contribution >= 4 is 29.1 Å². The van der Waals surface area contributed by atoms with Crippen molar-refractivity contribution in [3.63, 3.8) is 0 Å². The summed E-state index contributed by atoms with van der Waals surface area (Å²) in [5, 5.41) is 12.2. The van der Waals surface area contributed by atoms with Gasteiger partial charge in [0.05, 0.1) is 10.7 Å². The van der Waals surface area contributed by atoms with E-state index >= 15 is 0 Å². The molecule has 0 aromatic carbocycles. The van der Waals surface area contributed by atoms with Crippen molar-refractivity contribution in [2.24, 2.45) is 0 Å². The third kappa shape index (κ3) is 2.75. The van der Waals surface area contributed by atoms with Crippen LogP contribution in [0.2, 0.25) is 0 Å². The summed E-state index contributed by atoms with van der Waals surface area (Å²) >= 11 is 3.32. The van der Waals surface area contributed by atoms with Gasteiger partial charge in [-0.05, 0) is 6.92 Å². The largest absolute Gasteiger partial charge is 0.480 e. The Hall–Kier alpha value is -0.590. The highest BCUT2D eigenvalue weighted by atomic mass is 32.2. The fraction of sp³-hybridized carbons (Fsp3) is 0.600. The monoisotopic (exact) mass is 258 g/mol. The number of carbonyl (C=O) groups is 1. The van der Waals surface area contributed by atoms with Crippen LogP contribution in [-0.2, 0) is 11.3 Å². The van der Waals surface area contributed by atoms with E-state index in [1.165, 1.54) is 0 Å². The fourth-order valence-corrected chi connectivity index (χ4v) is 3.45. The first kappa shape index (κ1) is 11.9. The average molecular weight is 258 g/mol. The number of aliphatic carboxylic acids is 1. The van der Waals surface area contributed by atoms with Gasteiger partial charge in [-0.1, -0.05) is 0 Å². The van der Waals surface area contributed by atoms with Crippen molar-refractivity contribution in [3.8, 4) is 0 Å². The first-order chi connectivity index (χ1) is 7.66. The molecule has 0 amide bonds. The van der Waals surface area contributed by atoms with E-state index in [4.69, 9.17) is 5.11 Å². The van der Waals surface area contributed by atoms with Crippen LogP contribution in [0.4, 0.5) is 0 Å². The van der Waals surface area contributed by atoms with Crippen LogP contribution in [-0.4, -0.2) is 45.1 Å². The summed E-state index contributed by atoms with van der Waals surface area (Å²) < 4.78 is 0. The molecular weight excluding hydrogens is 244 g/mol. The standard InChI is InChI=1S/C10H14N2O2S2/c1-7-11-8(5-16-7)4-12-2-3-15-6-9(12)10(13)14/h5,9H,2-4,6H2,1H3,(H,13,14). The second kappa shape index (κ2) is 5.16. The molecule has 1 N–H and O–H groups in total. The Morgan fingerprint density at radius 3 is 3.19 bits per heavy atom.